The van der Waals surface area contributed by atoms with Crippen LogP contribution in [0.15, 0.2) is 145 Å². The number of carboxylic acid groups (broad SMARTS) is 5. The van der Waals surface area contributed by atoms with Crippen LogP contribution in [0, 0.1) is 12.8 Å². The summed E-state index contributed by atoms with van der Waals surface area (Å²) in [5.74, 6) is -9.46. The van der Waals surface area contributed by atoms with Crippen LogP contribution in [-0.2, 0) is 68.0 Å². The molecule has 0 radical (unpaired) electrons. The van der Waals surface area contributed by atoms with E-state index in [9.17, 15) is 93.9 Å². The molecular formula is C107H123N15O20. The van der Waals surface area contributed by atoms with Gasteiger partial charge in [0.25, 0.3) is 27.8 Å². The van der Waals surface area contributed by atoms with Crippen molar-refractivity contribution in [2.75, 3.05) is 53.9 Å². The van der Waals surface area contributed by atoms with Gasteiger partial charge in [0.2, 0.25) is 0 Å². The van der Waals surface area contributed by atoms with Crippen molar-refractivity contribution in [1.82, 2.24) is 73.1 Å². The van der Waals surface area contributed by atoms with Gasteiger partial charge in [-0.1, -0.05) is 85.7 Å². The first kappa shape index (κ1) is 103. The van der Waals surface area contributed by atoms with Crippen molar-refractivity contribution in [2.45, 2.75) is 151 Å². The highest BCUT2D eigenvalue weighted by molar-refractivity contribution is 5.98. The van der Waals surface area contributed by atoms with Crippen LogP contribution >= 0.6 is 0 Å². The van der Waals surface area contributed by atoms with Crippen molar-refractivity contribution in [3.8, 4) is 85.0 Å². The number of benzene rings is 5. The zero-order chi connectivity index (χ0) is 103. The SMILES string of the molecule is CC(C)c1c(-c2ccc3c(c2)cc(CN(C)C)n3C)[nH]c(=O)c(C(=O)O)c1O.CC(C)c1c(-c2ccc3c(c2)cc(CN2CCC2)n3C)[nH]c(=O)c(C(=O)O)c1O.CC(C)c1c(-c2ccc3c(c2)cc(CN2CCCC2)n3C)[nH]c(=O)c(C(=O)O)c1O.CC(C)c1c(-c2ccc3c(c2)cc(CNCC2CC2)n3C)[nH]c(=O)c(C(=O)O)c1O.CNCc1cc2cc(-c3[nH]c(=O)c(C(=O)O)c(O)c3C)ccc2n1C. The number of carbonyl (C=O) groups is 5. The van der Waals surface area contributed by atoms with E-state index < -0.39 is 114 Å². The lowest BCUT2D eigenvalue weighted by Crippen LogP contribution is -2.36. The van der Waals surface area contributed by atoms with Gasteiger partial charge >= 0.3 is 29.8 Å². The van der Waals surface area contributed by atoms with Crippen LogP contribution in [0.3, 0.4) is 0 Å². The van der Waals surface area contributed by atoms with Crippen LogP contribution in [0.4, 0.5) is 0 Å². The first-order chi connectivity index (χ1) is 67.3. The normalized spacial score (nSPS) is 13.3. The van der Waals surface area contributed by atoms with Crippen molar-refractivity contribution in [3.05, 3.63) is 257 Å². The van der Waals surface area contributed by atoms with Crippen LogP contribution in [0.2, 0.25) is 0 Å². The maximum absolute atomic E-state index is 12.4. The highest BCUT2D eigenvalue weighted by Gasteiger charge is 2.32. The lowest BCUT2D eigenvalue weighted by molar-refractivity contribution is 0.0680. The molecular weight excluding hydrogens is 1820 g/mol. The van der Waals surface area contributed by atoms with Crippen LogP contribution in [-0.4, -0.2) is 197 Å². The minimum Gasteiger partial charge on any atom is -0.506 e. The summed E-state index contributed by atoms with van der Waals surface area (Å²) in [4.78, 5) is 138. The van der Waals surface area contributed by atoms with Gasteiger partial charge in [0.05, 0.1) is 28.5 Å². The molecule has 0 bridgehead atoms. The van der Waals surface area contributed by atoms with E-state index in [1.807, 2.05) is 202 Å². The number of aromatic hydroxyl groups is 5. The van der Waals surface area contributed by atoms with Crippen molar-refractivity contribution in [2.24, 2.45) is 41.2 Å². The largest absolute Gasteiger partial charge is 0.506 e. The van der Waals surface area contributed by atoms with Crippen molar-refractivity contribution >= 4 is 84.4 Å². The Kier molecular flexibility index (Phi) is 30.3. The Bertz CT molecular complexity index is 7820. The number of rotatable bonds is 26. The van der Waals surface area contributed by atoms with E-state index in [0.717, 1.165) is 160 Å². The molecule has 0 spiro atoms. The summed E-state index contributed by atoms with van der Waals surface area (Å²) in [6.45, 7) is 26.1. The standard InChI is InChI=1S/2C23H27N3O4.C22H25N3O4.C21H25N3O4.C18H19N3O4/c1-12(2)18-20(25-22(28)19(21(18)27)23(29)30)14-6-7-17-15(8-14)9-16(26(17)3)11-24-10-13-4-5-13;1-13(2)18-20(24-22(28)19(21(18)27)23(29)30)14-6-7-17-15(10-14)11-16(25(17)3)12-26-8-4-5-9-26;1-12(2)17-19(23-21(27)18(20(17)26)22(28)29)13-5-6-16-14(9-13)10-15(24(16)3)11-25-7-4-8-25;1-11(2)16-18(22-20(26)17(19(16)25)21(27)28)12-6-7-15-13(8-12)9-14(24(15)5)10-23(3)4;1-9-15(20-17(23)14(16(9)22)18(24)25)10-4-5-13-11(6-10)7-12(8-19-2)21(13)3/h6-9,12-13,24H,4-5,10-11H2,1-3H3,(H,29,30)(H2,25,27,28);6-7,10-11,13H,4-5,8-9,12H2,1-3H3,(H,29,30)(H2,24,27,28);5-6,9-10,12H,4,7-8,11H2,1-3H3,(H,28,29)(H2,23,26,27);6-9,11H,10H2,1-5H3,(H,27,28)(H2,22,25,26);4-7,19H,8H2,1-3H3,(H,24,25)(H2,20,22,23). The number of aromatic nitrogens is 10. The van der Waals surface area contributed by atoms with Crippen LogP contribution in [0.25, 0.3) is 111 Å². The van der Waals surface area contributed by atoms with Crippen LogP contribution < -0.4 is 38.4 Å². The molecule has 2 saturated heterocycles. The predicted molar refractivity (Wildman–Crippen MR) is 548 cm³/mol. The van der Waals surface area contributed by atoms with E-state index in [1.165, 1.54) is 49.2 Å². The number of aromatic carboxylic acids is 5. The molecule has 3 fully saturated rings. The number of H-pyrrole nitrogens is 5. The molecule has 1 aliphatic carbocycles. The molecule has 10 aromatic heterocycles. The number of likely N-dealkylation sites (tertiary alicyclic amines) is 2. The molecule has 5 aromatic carbocycles. The number of aryl methyl sites for hydroxylation is 5. The average molecular weight is 1940 g/mol. The summed E-state index contributed by atoms with van der Waals surface area (Å²) in [5.41, 5.74) is 12.0. The van der Waals surface area contributed by atoms with Gasteiger partial charge in [-0.05, 0) is 241 Å². The Hall–Kier alpha value is -15.3. The maximum atomic E-state index is 12.4. The Balaban J connectivity index is 0.000000141. The van der Waals surface area contributed by atoms with Gasteiger partial charge in [-0.2, -0.15) is 0 Å². The Labute approximate surface area is 816 Å². The lowest BCUT2D eigenvalue weighted by atomic mass is 9.94. The van der Waals surface area contributed by atoms with E-state index in [2.05, 4.69) is 104 Å². The molecule has 1 saturated carbocycles. The van der Waals surface area contributed by atoms with Crippen LogP contribution in [0.1, 0.15) is 219 Å². The highest BCUT2D eigenvalue weighted by atomic mass is 16.4. The number of hydrogen-bond donors (Lipinski definition) is 17. The van der Waals surface area contributed by atoms with Crippen molar-refractivity contribution in [1.29, 1.82) is 0 Å². The zero-order valence-electron chi connectivity index (χ0n) is 82.7. The molecule has 0 atom stereocenters. The van der Waals surface area contributed by atoms with E-state index in [4.69, 9.17) is 5.11 Å². The molecule has 3 aliphatic rings. The molecule has 35 heteroatoms. The van der Waals surface area contributed by atoms with Crippen LogP contribution in [0.5, 0.6) is 28.7 Å². The average Bonchev–Trinajstić information content (AvgIpc) is 1.45. The van der Waals surface area contributed by atoms with E-state index in [1.54, 1.807) is 6.92 Å². The van der Waals surface area contributed by atoms with Gasteiger partial charge in [0.15, 0.2) is 27.8 Å². The third-order valence-corrected chi connectivity index (χ3v) is 27.1. The predicted octanol–water partition coefficient (Wildman–Crippen LogP) is 15.6. The first-order valence-electron chi connectivity index (χ1n) is 47.3. The van der Waals surface area contributed by atoms with E-state index in [-0.39, 0.29) is 23.7 Å². The fraction of sp³-hybridized carbons (Fsp3) is 0.346. The Morgan fingerprint density at radius 2 is 0.613 bits per heavy atom. The fourth-order valence-electron chi connectivity index (χ4n) is 19.3. The first-order valence-corrected chi connectivity index (χ1v) is 47.3. The second kappa shape index (κ2) is 42.0. The van der Waals surface area contributed by atoms with Gasteiger partial charge < -0.3 is 114 Å². The van der Waals surface area contributed by atoms with Gasteiger partial charge in [0, 0.05) is 179 Å². The van der Waals surface area contributed by atoms with Gasteiger partial charge in [-0.3, -0.25) is 33.8 Å². The second-order valence-corrected chi connectivity index (χ2v) is 38.5. The number of nitrogens with one attached hydrogen (secondary N) is 7. The molecule has 35 nitrogen and oxygen atoms in total. The molecule has 0 amide bonds. The topological polar surface area (TPSA) is 510 Å². The zero-order valence-corrected chi connectivity index (χ0v) is 82.7. The molecule has 18 rings (SSSR count). The van der Waals surface area contributed by atoms with Crippen molar-refractivity contribution in [3.63, 3.8) is 0 Å². The third-order valence-electron chi connectivity index (χ3n) is 27.1. The van der Waals surface area contributed by atoms with Gasteiger partial charge in [0.1, 0.15) is 28.7 Å². The number of pyridine rings is 5. The summed E-state index contributed by atoms with van der Waals surface area (Å²) in [6, 6.07) is 39.7. The number of carboxylic acids is 5. The Morgan fingerprint density at radius 1 is 0.359 bits per heavy atom. The number of nitrogens with zero attached hydrogens (tertiary/aromatic N) is 8. The molecule has 142 heavy (non-hydrogen) atoms. The molecule has 746 valence electrons. The fourth-order valence-corrected chi connectivity index (χ4v) is 19.3. The lowest BCUT2D eigenvalue weighted by Gasteiger charge is -2.30. The van der Waals surface area contributed by atoms with Crippen molar-refractivity contribution < 1.29 is 75.0 Å². The van der Waals surface area contributed by atoms with Gasteiger partial charge in [-0.15, -0.1) is 0 Å². The van der Waals surface area contributed by atoms with Gasteiger partial charge in [-0.25, -0.2) is 24.0 Å². The minimum atomic E-state index is -1.45. The monoisotopic (exact) mass is 1940 g/mol. The highest BCUT2D eigenvalue weighted by Crippen LogP contribution is 2.43. The number of aromatic amines is 5. The number of hydrogen-bond acceptors (Lipinski definition) is 20. The molecule has 12 heterocycles. The summed E-state index contributed by atoms with van der Waals surface area (Å²) in [7, 11) is 16.0. The second-order valence-electron chi connectivity index (χ2n) is 38.5. The number of fused-ring (bicyclic) bond motifs is 5. The molecule has 17 N–H and O–H groups in total. The third kappa shape index (κ3) is 20.8. The molecule has 0 unspecified atom stereocenters. The summed E-state index contributed by atoms with van der Waals surface area (Å²) in [5, 5.41) is 110. The summed E-state index contributed by atoms with van der Waals surface area (Å²) < 4.78 is 10.7. The minimum absolute atomic E-state index is 0.173. The smallest absolute Gasteiger partial charge is 0.345 e. The summed E-state index contributed by atoms with van der Waals surface area (Å²) in [6.07, 6.45) is 6.37. The Morgan fingerprint density at radius 3 is 0.880 bits per heavy atom. The van der Waals surface area contributed by atoms with E-state index >= 15 is 0 Å². The summed E-state index contributed by atoms with van der Waals surface area (Å²) >= 11 is 0. The quantitative estimate of drug-likeness (QED) is 0.0239. The maximum Gasteiger partial charge on any atom is 0.345 e. The molecule has 2 aliphatic heterocycles. The molecule has 15 aromatic rings. The van der Waals surface area contributed by atoms with E-state index in [0.29, 0.717) is 61.9 Å².